The highest BCUT2D eigenvalue weighted by Crippen LogP contribution is 2.18. The van der Waals surface area contributed by atoms with Gasteiger partial charge in [0.15, 0.2) is 0 Å². The number of aryl methyl sites for hydroxylation is 1. The minimum Gasteiger partial charge on any atom is -0.389 e. The Balaban J connectivity index is 1.56. The van der Waals surface area contributed by atoms with Crippen molar-refractivity contribution in [2.75, 3.05) is 4.72 Å². The van der Waals surface area contributed by atoms with Crippen LogP contribution in [-0.2, 0) is 16.4 Å². The van der Waals surface area contributed by atoms with Gasteiger partial charge < -0.3 is 5.11 Å². The molecule has 0 spiro atoms. The molecule has 2 N–H and O–H groups in total. The Kier molecular flexibility index (Phi) is 7.22. The molecule has 0 aliphatic rings. The third-order valence-corrected chi connectivity index (χ3v) is 5.91. The van der Waals surface area contributed by atoms with Crippen molar-refractivity contribution >= 4 is 21.8 Å². The molecule has 0 amide bonds. The lowest BCUT2D eigenvalue weighted by Gasteiger charge is -2.09. The minimum absolute atomic E-state index is 0.217. The number of rotatable bonds is 9. The average Bonchev–Trinajstić information content (AvgIpc) is 2.74. The van der Waals surface area contributed by atoms with Gasteiger partial charge in [-0.3, -0.25) is 4.72 Å². The number of aliphatic hydroxyl groups is 1. The van der Waals surface area contributed by atoms with E-state index in [1.54, 1.807) is 54.6 Å². The van der Waals surface area contributed by atoms with E-state index in [4.69, 9.17) is 0 Å². The first kappa shape index (κ1) is 20.8. The van der Waals surface area contributed by atoms with E-state index in [-0.39, 0.29) is 4.90 Å². The van der Waals surface area contributed by atoms with Gasteiger partial charge in [0, 0.05) is 5.69 Å². The van der Waals surface area contributed by atoms with Crippen molar-refractivity contribution < 1.29 is 13.5 Å². The summed E-state index contributed by atoms with van der Waals surface area (Å²) < 4.78 is 27.5. The first-order valence-electron chi connectivity index (χ1n) is 9.61. The van der Waals surface area contributed by atoms with Crippen LogP contribution in [0.4, 0.5) is 5.69 Å². The Morgan fingerprint density at radius 1 is 0.897 bits per heavy atom. The summed E-state index contributed by atoms with van der Waals surface area (Å²) in [4.78, 5) is 0.217. The summed E-state index contributed by atoms with van der Waals surface area (Å²) in [6.45, 7) is 0. The zero-order valence-corrected chi connectivity index (χ0v) is 16.9. The highest BCUT2D eigenvalue weighted by Gasteiger charge is 2.13. The van der Waals surface area contributed by atoms with Crippen molar-refractivity contribution in [3.05, 3.63) is 102 Å². The maximum atomic E-state index is 12.4. The molecule has 0 aliphatic carbocycles. The van der Waals surface area contributed by atoms with E-state index < -0.39 is 16.1 Å². The predicted octanol–water partition coefficient (Wildman–Crippen LogP) is 4.88. The molecule has 0 radical (unpaired) electrons. The lowest BCUT2D eigenvalue weighted by atomic mass is 10.1. The summed E-state index contributed by atoms with van der Waals surface area (Å²) in [5, 5.41) is 10.2. The number of anilines is 1. The van der Waals surface area contributed by atoms with Gasteiger partial charge in [0.1, 0.15) is 0 Å². The summed E-state index contributed by atoms with van der Waals surface area (Å²) in [5.41, 5.74) is 2.57. The van der Waals surface area contributed by atoms with Crippen LogP contribution in [0, 0.1) is 0 Å². The fourth-order valence-corrected chi connectivity index (χ4v) is 4.07. The standard InChI is InChI=1S/C24H25NO3S/c26-23(14-8-11-20-9-3-1-4-10-20)18-17-21-12-7-13-22(19-21)25-29(27,28)24-15-5-2-6-16-24/h1-7,9-10,12-13,15-19,23,25-26H,8,11,14H2/b18-17+/t23-/m1/s1. The fraction of sp³-hybridized carbons (Fsp3) is 0.167. The second kappa shape index (κ2) is 10.0. The van der Waals surface area contributed by atoms with Crippen LogP contribution in [0.5, 0.6) is 0 Å². The lowest BCUT2D eigenvalue weighted by Crippen LogP contribution is -2.12. The molecule has 0 aromatic heterocycles. The van der Waals surface area contributed by atoms with Gasteiger partial charge in [-0.25, -0.2) is 8.42 Å². The quantitative estimate of drug-likeness (QED) is 0.531. The zero-order valence-electron chi connectivity index (χ0n) is 16.1. The van der Waals surface area contributed by atoms with Crippen LogP contribution >= 0.6 is 0 Å². The molecule has 0 unspecified atom stereocenters. The smallest absolute Gasteiger partial charge is 0.261 e. The molecule has 0 fully saturated rings. The van der Waals surface area contributed by atoms with E-state index in [2.05, 4.69) is 16.9 Å². The van der Waals surface area contributed by atoms with Gasteiger partial charge in [0.2, 0.25) is 0 Å². The van der Waals surface area contributed by atoms with Crippen molar-refractivity contribution in [3.63, 3.8) is 0 Å². The van der Waals surface area contributed by atoms with E-state index in [0.29, 0.717) is 12.1 Å². The molecule has 0 saturated carbocycles. The van der Waals surface area contributed by atoms with Crippen LogP contribution < -0.4 is 4.72 Å². The van der Waals surface area contributed by atoms with E-state index in [9.17, 15) is 13.5 Å². The third kappa shape index (κ3) is 6.59. The number of nitrogens with one attached hydrogen (secondary N) is 1. The summed E-state index contributed by atoms with van der Waals surface area (Å²) in [5.74, 6) is 0. The maximum Gasteiger partial charge on any atom is 0.261 e. The van der Waals surface area contributed by atoms with Crippen molar-refractivity contribution in [3.8, 4) is 0 Å². The van der Waals surface area contributed by atoms with Gasteiger partial charge in [-0.15, -0.1) is 0 Å². The van der Waals surface area contributed by atoms with Gasteiger partial charge in [0.25, 0.3) is 10.0 Å². The number of aliphatic hydroxyl groups excluding tert-OH is 1. The summed E-state index contributed by atoms with van der Waals surface area (Å²) in [7, 11) is -3.62. The summed E-state index contributed by atoms with van der Waals surface area (Å²) in [6.07, 6.45) is 5.52. The first-order chi connectivity index (χ1) is 14.0. The molecular formula is C24H25NO3S. The molecule has 1 atom stereocenters. The second-order valence-corrected chi connectivity index (χ2v) is 8.53. The molecule has 0 bridgehead atoms. The summed E-state index contributed by atoms with van der Waals surface area (Å²) >= 11 is 0. The van der Waals surface area contributed by atoms with Gasteiger partial charge in [0.05, 0.1) is 11.0 Å². The van der Waals surface area contributed by atoms with Crippen molar-refractivity contribution in [2.24, 2.45) is 0 Å². The van der Waals surface area contributed by atoms with E-state index >= 15 is 0 Å². The first-order valence-corrected chi connectivity index (χ1v) is 11.1. The van der Waals surface area contributed by atoms with Crippen LogP contribution in [0.2, 0.25) is 0 Å². The van der Waals surface area contributed by atoms with Crippen LogP contribution in [0.1, 0.15) is 24.0 Å². The Hall–Kier alpha value is -2.89. The predicted molar refractivity (Wildman–Crippen MR) is 118 cm³/mol. The van der Waals surface area contributed by atoms with Crippen LogP contribution in [0.15, 0.2) is 95.9 Å². The molecule has 5 heteroatoms. The largest absolute Gasteiger partial charge is 0.389 e. The Morgan fingerprint density at radius 2 is 1.59 bits per heavy atom. The summed E-state index contributed by atoms with van der Waals surface area (Å²) in [6, 6.07) is 25.6. The van der Waals surface area contributed by atoms with Crippen LogP contribution in [-0.4, -0.2) is 19.6 Å². The highest BCUT2D eigenvalue weighted by atomic mass is 32.2. The molecule has 3 aromatic rings. The Bertz CT molecular complexity index is 1030. The molecule has 0 saturated heterocycles. The molecule has 4 nitrogen and oxygen atoms in total. The zero-order chi connectivity index (χ0) is 20.5. The Labute approximate surface area is 172 Å². The van der Waals surface area contributed by atoms with Gasteiger partial charge in [-0.05, 0) is 54.7 Å². The van der Waals surface area contributed by atoms with Crippen molar-refractivity contribution in [2.45, 2.75) is 30.3 Å². The maximum absolute atomic E-state index is 12.4. The van der Waals surface area contributed by atoms with E-state index in [1.807, 2.05) is 30.3 Å². The molecule has 3 rings (SSSR count). The molecule has 3 aromatic carbocycles. The fourth-order valence-electron chi connectivity index (χ4n) is 3.00. The molecular weight excluding hydrogens is 382 g/mol. The number of sulfonamides is 1. The van der Waals surface area contributed by atoms with Crippen LogP contribution in [0.25, 0.3) is 6.08 Å². The normalized spacial score (nSPS) is 12.7. The van der Waals surface area contributed by atoms with E-state index in [0.717, 1.165) is 18.4 Å². The molecule has 150 valence electrons. The lowest BCUT2D eigenvalue weighted by molar-refractivity contribution is 0.210. The van der Waals surface area contributed by atoms with Crippen LogP contribution in [0.3, 0.4) is 0 Å². The monoisotopic (exact) mass is 407 g/mol. The van der Waals surface area contributed by atoms with E-state index in [1.165, 1.54) is 5.56 Å². The molecule has 0 aliphatic heterocycles. The number of hydrogen-bond acceptors (Lipinski definition) is 3. The SMILES string of the molecule is O=S(=O)(Nc1cccc(/C=C/[C@H](O)CCCc2ccccc2)c1)c1ccccc1. The topological polar surface area (TPSA) is 66.4 Å². The van der Waals surface area contributed by atoms with Gasteiger partial charge >= 0.3 is 0 Å². The van der Waals surface area contributed by atoms with Gasteiger partial charge in [-0.1, -0.05) is 72.8 Å². The Morgan fingerprint density at radius 3 is 2.31 bits per heavy atom. The highest BCUT2D eigenvalue weighted by molar-refractivity contribution is 7.92. The average molecular weight is 408 g/mol. The number of benzene rings is 3. The molecule has 0 heterocycles. The minimum atomic E-state index is -3.62. The second-order valence-electron chi connectivity index (χ2n) is 6.85. The third-order valence-electron chi connectivity index (χ3n) is 4.51. The van der Waals surface area contributed by atoms with Gasteiger partial charge in [-0.2, -0.15) is 0 Å². The van der Waals surface area contributed by atoms with Crippen molar-refractivity contribution in [1.82, 2.24) is 0 Å². The number of hydrogen-bond donors (Lipinski definition) is 2. The van der Waals surface area contributed by atoms with Crippen molar-refractivity contribution in [1.29, 1.82) is 0 Å². The molecule has 29 heavy (non-hydrogen) atoms.